The van der Waals surface area contributed by atoms with Gasteiger partial charge < -0.3 is 4.90 Å². The third-order valence-electron chi connectivity index (χ3n) is 6.89. The van der Waals surface area contributed by atoms with E-state index in [4.69, 9.17) is 0 Å². The summed E-state index contributed by atoms with van der Waals surface area (Å²) >= 11 is 0. The molecule has 0 rings (SSSR count). The fourth-order valence-corrected chi connectivity index (χ4v) is 4.42. The van der Waals surface area contributed by atoms with Crippen LogP contribution in [0, 0.1) is 29.6 Å². The van der Waals surface area contributed by atoms with E-state index in [9.17, 15) is 0 Å². The molecule has 3 unspecified atom stereocenters. The molecule has 0 bridgehead atoms. The standard InChI is InChI=1S/C28H59N/c1-9-11-18-28(10-2)23-29(21-19-26(7)16-12-14-24(3)4)22-20-27(8)17-13-15-25(5)6/h24-28H,9-23H2,1-8H3. The zero-order valence-electron chi connectivity index (χ0n) is 21.9. The maximum Gasteiger partial charge on any atom is 0.000956 e. The molecule has 0 fully saturated rings. The van der Waals surface area contributed by atoms with Crippen molar-refractivity contribution in [2.75, 3.05) is 19.6 Å². The Balaban J connectivity index is 4.46. The molecule has 0 aromatic heterocycles. The first kappa shape index (κ1) is 29.0. The summed E-state index contributed by atoms with van der Waals surface area (Å²) < 4.78 is 0. The average molecular weight is 410 g/mol. The average Bonchev–Trinajstić information content (AvgIpc) is 2.66. The molecule has 3 atom stereocenters. The molecule has 1 nitrogen and oxygen atoms in total. The van der Waals surface area contributed by atoms with E-state index in [1.807, 2.05) is 0 Å². The van der Waals surface area contributed by atoms with Crippen LogP contribution in [-0.4, -0.2) is 24.5 Å². The molecule has 0 saturated carbocycles. The van der Waals surface area contributed by atoms with Crippen LogP contribution in [0.4, 0.5) is 0 Å². The quantitative estimate of drug-likeness (QED) is 0.194. The van der Waals surface area contributed by atoms with Crippen molar-refractivity contribution in [2.24, 2.45) is 29.6 Å². The van der Waals surface area contributed by atoms with Crippen molar-refractivity contribution in [2.45, 2.75) is 132 Å². The lowest BCUT2D eigenvalue weighted by molar-refractivity contribution is 0.192. The number of hydrogen-bond donors (Lipinski definition) is 0. The predicted octanol–water partition coefficient (Wildman–Crippen LogP) is 9.21. The minimum Gasteiger partial charge on any atom is -0.303 e. The van der Waals surface area contributed by atoms with Gasteiger partial charge in [-0.1, -0.05) is 113 Å². The zero-order chi connectivity index (χ0) is 22.1. The Bertz CT molecular complexity index is 311. The van der Waals surface area contributed by atoms with E-state index < -0.39 is 0 Å². The Kier molecular flexibility index (Phi) is 18.7. The van der Waals surface area contributed by atoms with Gasteiger partial charge in [-0.25, -0.2) is 0 Å². The van der Waals surface area contributed by atoms with Gasteiger partial charge in [0.15, 0.2) is 0 Å². The Morgan fingerprint density at radius 1 is 0.552 bits per heavy atom. The van der Waals surface area contributed by atoms with Gasteiger partial charge in [0.2, 0.25) is 0 Å². The second-order valence-corrected chi connectivity index (χ2v) is 11.2. The Morgan fingerprint density at radius 3 is 1.41 bits per heavy atom. The highest BCUT2D eigenvalue weighted by atomic mass is 15.1. The van der Waals surface area contributed by atoms with E-state index in [1.54, 1.807) is 0 Å². The van der Waals surface area contributed by atoms with Gasteiger partial charge in [0, 0.05) is 6.54 Å². The lowest BCUT2D eigenvalue weighted by Gasteiger charge is -2.29. The van der Waals surface area contributed by atoms with Crippen molar-refractivity contribution in [1.29, 1.82) is 0 Å². The lowest BCUT2D eigenvalue weighted by Crippen LogP contribution is -2.33. The molecular formula is C28H59N. The Hall–Kier alpha value is -0.0400. The fourth-order valence-electron chi connectivity index (χ4n) is 4.42. The predicted molar refractivity (Wildman–Crippen MR) is 135 cm³/mol. The monoisotopic (exact) mass is 409 g/mol. The highest BCUT2D eigenvalue weighted by Crippen LogP contribution is 2.20. The van der Waals surface area contributed by atoms with Gasteiger partial charge in [-0.05, 0) is 61.9 Å². The first-order valence-electron chi connectivity index (χ1n) is 13.5. The fraction of sp³-hybridized carbons (Fsp3) is 1.00. The zero-order valence-corrected chi connectivity index (χ0v) is 21.9. The van der Waals surface area contributed by atoms with Gasteiger partial charge in [-0.2, -0.15) is 0 Å². The Morgan fingerprint density at radius 2 is 1.03 bits per heavy atom. The summed E-state index contributed by atoms with van der Waals surface area (Å²) in [5.74, 6) is 4.40. The second kappa shape index (κ2) is 18.7. The van der Waals surface area contributed by atoms with Gasteiger partial charge in [0.1, 0.15) is 0 Å². The summed E-state index contributed by atoms with van der Waals surface area (Å²) in [4.78, 5) is 2.85. The third-order valence-corrected chi connectivity index (χ3v) is 6.89. The van der Waals surface area contributed by atoms with Gasteiger partial charge in [0.05, 0.1) is 0 Å². The van der Waals surface area contributed by atoms with Crippen LogP contribution in [0.25, 0.3) is 0 Å². The van der Waals surface area contributed by atoms with Crippen molar-refractivity contribution in [3.05, 3.63) is 0 Å². The molecule has 0 aliphatic rings. The molecule has 0 saturated heterocycles. The van der Waals surface area contributed by atoms with Crippen LogP contribution in [0.15, 0.2) is 0 Å². The van der Waals surface area contributed by atoms with Crippen molar-refractivity contribution in [1.82, 2.24) is 4.90 Å². The maximum atomic E-state index is 2.85. The summed E-state index contributed by atoms with van der Waals surface area (Å²) in [5, 5.41) is 0. The van der Waals surface area contributed by atoms with Crippen molar-refractivity contribution < 1.29 is 0 Å². The molecule has 0 heterocycles. The van der Waals surface area contributed by atoms with Crippen LogP contribution in [-0.2, 0) is 0 Å². The first-order valence-corrected chi connectivity index (χ1v) is 13.5. The number of rotatable bonds is 20. The molecule has 0 aromatic carbocycles. The van der Waals surface area contributed by atoms with Crippen molar-refractivity contribution in [3.63, 3.8) is 0 Å². The van der Waals surface area contributed by atoms with Gasteiger partial charge in [-0.3, -0.25) is 0 Å². The summed E-state index contributed by atoms with van der Waals surface area (Å²) in [5.41, 5.74) is 0. The Labute approximate surface area is 186 Å². The molecule has 0 amide bonds. The molecule has 176 valence electrons. The minimum atomic E-state index is 0.861. The summed E-state index contributed by atoms with van der Waals surface area (Å²) in [6.07, 6.45) is 16.8. The van der Waals surface area contributed by atoms with Gasteiger partial charge in [0.25, 0.3) is 0 Å². The van der Waals surface area contributed by atoms with Crippen LogP contribution in [0.3, 0.4) is 0 Å². The molecule has 0 aliphatic carbocycles. The van der Waals surface area contributed by atoms with Crippen LogP contribution in [0.1, 0.15) is 132 Å². The van der Waals surface area contributed by atoms with Crippen LogP contribution >= 0.6 is 0 Å². The molecule has 0 aromatic rings. The van der Waals surface area contributed by atoms with E-state index in [1.165, 1.54) is 96.7 Å². The van der Waals surface area contributed by atoms with Gasteiger partial charge >= 0.3 is 0 Å². The van der Waals surface area contributed by atoms with Gasteiger partial charge in [-0.15, -0.1) is 0 Å². The maximum absolute atomic E-state index is 2.85. The highest BCUT2D eigenvalue weighted by molar-refractivity contribution is 4.69. The van der Waals surface area contributed by atoms with E-state index >= 15 is 0 Å². The molecular weight excluding hydrogens is 350 g/mol. The molecule has 29 heavy (non-hydrogen) atoms. The van der Waals surface area contributed by atoms with Crippen LogP contribution in [0.5, 0.6) is 0 Å². The second-order valence-electron chi connectivity index (χ2n) is 11.2. The molecule has 0 aliphatic heterocycles. The van der Waals surface area contributed by atoms with E-state index in [2.05, 4.69) is 60.3 Å². The van der Waals surface area contributed by atoms with E-state index in [0.29, 0.717) is 0 Å². The molecule has 1 heteroatoms. The number of unbranched alkanes of at least 4 members (excludes halogenated alkanes) is 1. The van der Waals surface area contributed by atoms with E-state index in [-0.39, 0.29) is 0 Å². The highest BCUT2D eigenvalue weighted by Gasteiger charge is 2.15. The molecule has 0 N–H and O–H groups in total. The summed E-state index contributed by atoms with van der Waals surface area (Å²) in [6.45, 7) is 23.1. The molecule has 0 radical (unpaired) electrons. The summed E-state index contributed by atoms with van der Waals surface area (Å²) in [6, 6.07) is 0. The first-order chi connectivity index (χ1) is 13.8. The lowest BCUT2D eigenvalue weighted by atomic mass is 9.94. The van der Waals surface area contributed by atoms with E-state index in [0.717, 1.165) is 29.6 Å². The third kappa shape index (κ3) is 18.4. The minimum absolute atomic E-state index is 0.861. The molecule has 0 spiro atoms. The topological polar surface area (TPSA) is 3.24 Å². The number of nitrogens with zero attached hydrogens (tertiary/aromatic N) is 1. The van der Waals surface area contributed by atoms with Crippen molar-refractivity contribution >= 4 is 0 Å². The van der Waals surface area contributed by atoms with Crippen LogP contribution in [0.2, 0.25) is 0 Å². The summed E-state index contributed by atoms with van der Waals surface area (Å²) in [7, 11) is 0. The SMILES string of the molecule is CCCCC(CC)CN(CCC(C)CCCC(C)C)CCC(C)CCCC(C)C. The number of hydrogen-bond acceptors (Lipinski definition) is 1. The van der Waals surface area contributed by atoms with Crippen molar-refractivity contribution in [3.8, 4) is 0 Å². The largest absolute Gasteiger partial charge is 0.303 e. The smallest absolute Gasteiger partial charge is 0.000956 e. The van der Waals surface area contributed by atoms with Crippen LogP contribution < -0.4 is 0 Å². The normalized spacial score (nSPS) is 15.4.